The molecule has 0 atom stereocenters. The van der Waals surface area contributed by atoms with Gasteiger partial charge < -0.3 is 9.47 Å². The van der Waals surface area contributed by atoms with Crippen molar-refractivity contribution in [2.75, 3.05) is 18.8 Å². The van der Waals surface area contributed by atoms with Crippen molar-refractivity contribution in [1.29, 1.82) is 0 Å². The molecule has 2 aromatic carbocycles. The minimum Gasteiger partial charge on any atom is -0.454 e. The van der Waals surface area contributed by atoms with E-state index in [-0.39, 0.29) is 24.8 Å². The number of thioether (sulfide) groups is 1. The maximum Gasteiger partial charge on any atom is 0.300 e. The number of hydrogen-bond acceptors (Lipinski definition) is 11. The quantitative estimate of drug-likeness (QED) is 0.134. The molecule has 4 rings (SSSR count). The molecule has 38 heavy (non-hydrogen) atoms. The molecule has 2 aliphatic heterocycles. The highest BCUT2D eigenvalue weighted by Crippen LogP contribution is 2.36. The van der Waals surface area contributed by atoms with Crippen molar-refractivity contribution in [3.05, 3.63) is 67.1 Å². The number of thiocarbonyl (C=S) groups is 1. The highest BCUT2D eigenvalue weighted by molar-refractivity contribution is 8.26. The average molecular weight is 560 g/mol. The van der Waals surface area contributed by atoms with Crippen LogP contribution >= 0.6 is 24.0 Å². The number of hydrogen-bond donors (Lipinski definition) is 2. The summed E-state index contributed by atoms with van der Waals surface area (Å²) < 4.78 is 11.1. The SMILES string of the molecule is O=C(CCCCCN1C(=O)/C(=C/c2ccc3c(c2)OCO3)SC1=S)NNc1ccc([N+](=O)[O-])cc1[N+](=O)[O-]. The first-order valence-corrected chi connectivity index (χ1v) is 12.6. The van der Waals surface area contributed by atoms with E-state index in [1.165, 1.54) is 16.7 Å². The lowest BCUT2D eigenvalue weighted by Gasteiger charge is -2.14. The second-order valence-corrected chi connectivity index (χ2v) is 9.82. The van der Waals surface area contributed by atoms with Gasteiger partial charge in [0.15, 0.2) is 11.5 Å². The van der Waals surface area contributed by atoms with Crippen molar-refractivity contribution in [3.8, 4) is 11.5 Å². The van der Waals surface area contributed by atoms with E-state index in [0.29, 0.717) is 46.5 Å². The van der Waals surface area contributed by atoms with Gasteiger partial charge in [0.05, 0.1) is 20.8 Å². The molecule has 2 amide bonds. The van der Waals surface area contributed by atoms with Crippen molar-refractivity contribution in [3.63, 3.8) is 0 Å². The first-order chi connectivity index (χ1) is 18.2. The van der Waals surface area contributed by atoms with Crippen molar-refractivity contribution in [2.45, 2.75) is 25.7 Å². The number of ether oxygens (including phenoxy) is 2. The molecule has 0 saturated carbocycles. The summed E-state index contributed by atoms with van der Waals surface area (Å²) in [5.41, 5.74) is 4.56. The van der Waals surface area contributed by atoms with Gasteiger partial charge in [0.25, 0.3) is 11.6 Å². The zero-order chi connectivity index (χ0) is 27.2. The second kappa shape index (κ2) is 11.9. The van der Waals surface area contributed by atoms with Gasteiger partial charge in [0.1, 0.15) is 10.0 Å². The Morgan fingerprint density at radius 1 is 1.08 bits per heavy atom. The van der Waals surface area contributed by atoms with Crippen LogP contribution in [0.2, 0.25) is 0 Å². The zero-order valence-electron chi connectivity index (χ0n) is 19.7. The standard InChI is InChI=1S/C23H21N5O8S2/c29-21(25-24-16-7-6-15(27(31)32)12-17(16)28(33)34)4-2-1-3-9-26-22(30)20(38-23(26)37)11-14-5-8-18-19(10-14)36-13-35-18/h5-8,10-12,24H,1-4,9,13H2,(H,25,29)/b20-11-. The fraction of sp³-hybridized carbons (Fsp3) is 0.261. The van der Waals surface area contributed by atoms with Crippen LogP contribution in [0.25, 0.3) is 6.08 Å². The van der Waals surface area contributed by atoms with Crippen LogP contribution in [0.1, 0.15) is 31.2 Å². The fourth-order valence-corrected chi connectivity index (χ4v) is 4.98. The van der Waals surface area contributed by atoms with Gasteiger partial charge in [-0.05, 0) is 42.7 Å². The summed E-state index contributed by atoms with van der Waals surface area (Å²) in [6, 6.07) is 8.48. The number of nitrogens with one attached hydrogen (secondary N) is 2. The van der Waals surface area contributed by atoms with Gasteiger partial charge >= 0.3 is 5.69 Å². The Kier molecular flexibility index (Phi) is 8.38. The van der Waals surface area contributed by atoms with Gasteiger partial charge in [0, 0.05) is 19.0 Å². The molecule has 0 aliphatic carbocycles. The number of anilines is 1. The Labute approximate surface area is 225 Å². The molecule has 2 aromatic rings. The number of fused-ring (bicyclic) bond motifs is 1. The second-order valence-electron chi connectivity index (χ2n) is 8.15. The van der Waals surface area contributed by atoms with Crippen LogP contribution < -0.4 is 20.3 Å². The number of carbonyl (C=O) groups excluding carboxylic acids is 2. The van der Waals surface area contributed by atoms with Gasteiger partial charge in [-0.3, -0.25) is 45.6 Å². The molecule has 1 saturated heterocycles. The summed E-state index contributed by atoms with van der Waals surface area (Å²) >= 11 is 6.59. The topological polar surface area (TPSA) is 166 Å². The Morgan fingerprint density at radius 2 is 1.87 bits per heavy atom. The number of amides is 2. The van der Waals surface area contributed by atoms with E-state index in [1.807, 2.05) is 6.07 Å². The highest BCUT2D eigenvalue weighted by atomic mass is 32.2. The summed E-state index contributed by atoms with van der Waals surface area (Å²) in [5.74, 6) is 0.700. The molecule has 198 valence electrons. The molecule has 0 unspecified atom stereocenters. The van der Waals surface area contributed by atoms with Crippen LogP contribution in [0, 0.1) is 20.2 Å². The molecule has 0 bridgehead atoms. The van der Waals surface area contributed by atoms with Gasteiger partial charge in [0.2, 0.25) is 12.7 Å². The van der Waals surface area contributed by atoms with E-state index in [1.54, 1.807) is 18.2 Å². The lowest BCUT2D eigenvalue weighted by atomic mass is 10.1. The molecule has 0 aromatic heterocycles. The fourth-order valence-electron chi connectivity index (χ4n) is 3.67. The average Bonchev–Trinajstić information content (AvgIpc) is 3.46. The number of unbranched alkanes of at least 4 members (excludes halogenated alkanes) is 2. The number of non-ortho nitro benzene ring substituents is 1. The largest absolute Gasteiger partial charge is 0.454 e. The number of nitrogens with zero attached hydrogens (tertiary/aromatic N) is 3. The minimum absolute atomic E-state index is 0.0721. The molecule has 0 radical (unpaired) electrons. The zero-order valence-corrected chi connectivity index (χ0v) is 21.3. The minimum atomic E-state index is -0.778. The predicted octanol–water partition coefficient (Wildman–Crippen LogP) is 4.14. The number of carbonyl (C=O) groups is 2. The third-order valence-electron chi connectivity index (χ3n) is 5.58. The smallest absolute Gasteiger partial charge is 0.300 e. The number of rotatable bonds is 11. The number of hydrazine groups is 1. The van der Waals surface area contributed by atoms with E-state index in [4.69, 9.17) is 21.7 Å². The predicted molar refractivity (Wildman–Crippen MR) is 142 cm³/mol. The molecule has 13 nitrogen and oxygen atoms in total. The normalized spacial score (nSPS) is 15.2. The van der Waals surface area contributed by atoms with E-state index in [9.17, 15) is 29.8 Å². The third-order valence-corrected chi connectivity index (χ3v) is 6.96. The van der Waals surface area contributed by atoms with E-state index in [2.05, 4.69) is 10.9 Å². The van der Waals surface area contributed by atoms with Crippen molar-refractivity contribution in [1.82, 2.24) is 10.3 Å². The van der Waals surface area contributed by atoms with E-state index >= 15 is 0 Å². The number of benzene rings is 2. The summed E-state index contributed by atoms with van der Waals surface area (Å²) in [4.78, 5) is 47.5. The van der Waals surface area contributed by atoms with Gasteiger partial charge in [-0.15, -0.1) is 0 Å². The third kappa shape index (κ3) is 6.36. The van der Waals surface area contributed by atoms with E-state index < -0.39 is 27.1 Å². The van der Waals surface area contributed by atoms with Crippen LogP contribution in [-0.2, 0) is 9.59 Å². The molecule has 0 spiro atoms. The molecule has 1 fully saturated rings. The Morgan fingerprint density at radius 3 is 2.63 bits per heavy atom. The summed E-state index contributed by atoms with van der Waals surface area (Å²) in [6.45, 7) is 0.583. The van der Waals surface area contributed by atoms with Crippen molar-refractivity contribution < 1.29 is 28.9 Å². The van der Waals surface area contributed by atoms with Gasteiger partial charge in [-0.2, -0.15) is 0 Å². The number of nitro benzene ring substituents is 2. The van der Waals surface area contributed by atoms with Crippen LogP contribution in [0.15, 0.2) is 41.3 Å². The van der Waals surface area contributed by atoms with Crippen molar-refractivity contribution >= 4 is 63.3 Å². The van der Waals surface area contributed by atoms with Crippen LogP contribution in [-0.4, -0.2) is 44.2 Å². The maximum atomic E-state index is 12.8. The highest BCUT2D eigenvalue weighted by Gasteiger charge is 2.31. The van der Waals surface area contributed by atoms with Crippen LogP contribution in [0.5, 0.6) is 11.5 Å². The lowest BCUT2D eigenvalue weighted by molar-refractivity contribution is -0.393. The molecule has 15 heteroatoms. The van der Waals surface area contributed by atoms with Crippen molar-refractivity contribution in [2.24, 2.45) is 0 Å². The maximum absolute atomic E-state index is 12.8. The molecule has 2 aliphatic rings. The number of nitro groups is 2. The first kappa shape index (κ1) is 26.8. The molecule has 2 heterocycles. The monoisotopic (exact) mass is 559 g/mol. The summed E-state index contributed by atoms with van der Waals surface area (Å²) in [7, 11) is 0. The Hall–Kier alpha value is -4.24. The first-order valence-electron chi connectivity index (χ1n) is 11.4. The molecule has 2 N–H and O–H groups in total. The van der Waals surface area contributed by atoms with Gasteiger partial charge in [-0.1, -0.05) is 36.5 Å². The molecular weight excluding hydrogens is 538 g/mol. The van der Waals surface area contributed by atoms with Gasteiger partial charge in [-0.25, -0.2) is 0 Å². The van der Waals surface area contributed by atoms with Crippen LogP contribution in [0.4, 0.5) is 17.1 Å². The van der Waals surface area contributed by atoms with E-state index in [0.717, 1.165) is 23.8 Å². The Balaban J connectivity index is 1.20. The van der Waals surface area contributed by atoms with Crippen LogP contribution in [0.3, 0.4) is 0 Å². The Bertz CT molecular complexity index is 1350. The lowest BCUT2D eigenvalue weighted by Crippen LogP contribution is -2.30. The summed E-state index contributed by atoms with van der Waals surface area (Å²) in [5, 5.41) is 22.0. The molecular formula is C23H21N5O8S2. The summed E-state index contributed by atoms with van der Waals surface area (Å²) in [6.07, 6.45) is 3.67.